The summed E-state index contributed by atoms with van der Waals surface area (Å²) in [5, 5.41) is 3.09. The maximum Gasteiger partial charge on any atom is 0.224 e. The summed E-state index contributed by atoms with van der Waals surface area (Å²) in [4.78, 5) is 24.4. The van der Waals surface area contributed by atoms with Crippen molar-refractivity contribution in [1.29, 1.82) is 0 Å². The molecule has 1 saturated heterocycles. The first-order valence-electron chi connectivity index (χ1n) is 8.33. The number of nitrogens with zero attached hydrogens (tertiary/aromatic N) is 3. The van der Waals surface area contributed by atoms with Gasteiger partial charge < -0.3 is 10.2 Å². The third-order valence-corrected chi connectivity index (χ3v) is 6.90. The van der Waals surface area contributed by atoms with Gasteiger partial charge in [-0.3, -0.25) is 9.78 Å². The van der Waals surface area contributed by atoms with Crippen LogP contribution in [0.25, 0.3) is 0 Å². The third-order valence-electron chi connectivity index (χ3n) is 4.08. The van der Waals surface area contributed by atoms with E-state index in [1.165, 1.54) is 8.66 Å². The van der Waals surface area contributed by atoms with Crippen molar-refractivity contribution in [2.24, 2.45) is 5.92 Å². The number of amides is 1. The van der Waals surface area contributed by atoms with Crippen LogP contribution < -0.4 is 10.2 Å². The van der Waals surface area contributed by atoms with Crippen molar-refractivity contribution in [3.8, 4) is 0 Å². The molecular weight excluding hydrogens is 420 g/mol. The molecule has 3 heterocycles. The summed E-state index contributed by atoms with van der Waals surface area (Å²) >= 11 is 7.10. The molecule has 3 rings (SSSR count). The van der Waals surface area contributed by atoms with E-state index in [2.05, 4.69) is 48.2 Å². The largest absolute Gasteiger partial charge is 0.355 e. The van der Waals surface area contributed by atoms with Gasteiger partial charge in [0.25, 0.3) is 0 Å². The highest BCUT2D eigenvalue weighted by atomic mass is 79.9. The van der Waals surface area contributed by atoms with Gasteiger partial charge >= 0.3 is 0 Å². The van der Waals surface area contributed by atoms with Gasteiger partial charge in [-0.15, -0.1) is 11.3 Å². The monoisotopic (exact) mass is 440 g/mol. The van der Waals surface area contributed by atoms with Gasteiger partial charge in [0.1, 0.15) is 5.82 Å². The van der Waals surface area contributed by atoms with Crippen molar-refractivity contribution in [3.05, 3.63) is 39.4 Å². The lowest BCUT2D eigenvalue weighted by Crippen LogP contribution is -2.43. The van der Waals surface area contributed by atoms with Crippen LogP contribution >= 0.6 is 39.0 Å². The van der Waals surface area contributed by atoms with E-state index < -0.39 is 0 Å². The quantitative estimate of drug-likeness (QED) is 0.666. The predicted molar refractivity (Wildman–Crippen MR) is 108 cm³/mol. The Morgan fingerprint density at radius 3 is 3.12 bits per heavy atom. The highest BCUT2D eigenvalue weighted by molar-refractivity contribution is 9.11. The first-order chi connectivity index (χ1) is 12.2. The standard InChI is InChI=1S/C17H21BrN4OS2/c18-15-4-3-14(25-15)12-24-9-7-21-17(23)13-2-1-8-22(11-13)16-10-19-5-6-20-16/h3-6,10,13H,1-2,7-9,11-12H2,(H,21,23)/t13-/m1/s1. The third kappa shape index (κ3) is 5.69. The highest BCUT2D eigenvalue weighted by Crippen LogP contribution is 2.25. The minimum Gasteiger partial charge on any atom is -0.355 e. The molecule has 0 radical (unpaired) electrons. The molecule has 134 valence electrons. The molecule has 0 unspecified atom stereocenters. The van der Waals surface area contributed by atoms with Gasteiger partial charge in [0.15, 0.2) is 0 Å². The van der Waals surface area contributed by atoms with Crippen LogP contribution in [0, 0.1) is 5.92 Å². The molecule has 2 aromatic rings. The lowest BCUT2D eigenvalue weighted by molar-refractivity contribution is -0.125. The second kappa shape index (κ2) is 9.54. The average molecular weight is 441 g/mol. The van der Waals surface area contributed by atoms with Crippen molar-refractivity contribution in [3.63, 3.8) is 0 Å². The fourth-order valence-electron chi connectivity index (χ4n) is 2.85. The molecule has 25 heavy (non-hydrogen) atoms. The fourth-order valence-corrected chi connectivity index (χ4v) is 5.30. The minimum absolute atomic E-state index is 0.0361. The average Bonchev–Trinajstić information content (AvgIpc) is 3.07. The number of nitrogens with one attached hydrogen (secondary N) is 1. The molecule has 2 aromatic heterocycles. The van der Waals surface area contributed by atoms with Gasteiger partial charge in [-0.1, -0.05) is 0 Å². The SMILES string of the molecule is O=C(NCCSCc1ccc(Br)s1)[C@@H]1CCCN(c2cnccn2)C1. The zero-order valence-corrected chi connectivity index (χ0v) is 17.1. The van der Waals surface area contributed by atoms with Gasteiger partial charge in [-0.05, 0) is 40.9 Å². The fraction of sp³-hybridized carbons (Fsp3) is 0.471. The number of thioether (sulfide) groups is 1. The first kappa shape index (κ1) is 18.7. The van der Waals surface area contributed by atoms with E-state index in [9.17, 15) is 4.79 Å². The Labute approximate surface area is 164 Å². The second-order valence-electron chi connectivity index (χ2n) is 5.90. The lowest BCUT2D eigenvalue weighted by Gasteiger charge is -2.32. The Morgan fingerprint density at radius 1 is 1.44 bits per heavy atom. The van der Waals surface area contributed by atoms with Crippen molar-refractivity contribution >= 4 is 50.8 Å². The van der Waals surface area contributed by atoms with Gasteiger partial charge in [0, 0.05) is 48.4 Å². The van der Waals surface area contributed by atoms with Gasteiger partial charge in [0.2, 0.25) is 5.91 Å². The van der Waals surface area contributed by atoms with Crippen LogP contribution in [0.3, 0.4) is 0 Å². The number of halogens is 1. The maximum absolute atomic E-state index is 12.4. The lowest BCUT2D eigenvalue weighted by atomic mass is 9.97. The molecule has 8 heteroatoms. The molecule has 1 N–H and O–H groups in total. The van der Waals surface area contributed by atoms with Crippen LogP contribution in [-0.4, -0.2) is 41.3 Å². The molecule has 1 aliphatic heterocycles. The van der Waals surface area contributed by atoms with E-state index in [1.54, 1.807) is 29.9 Å². The summed E-state index contributed by atoms with van der Waals surface area (Å²) in [5.74, 6) is 2.98. The van der Waals surface area contributed by atoms with E-state index in [4.69, 9.17) is 0 Å². The maximum atomic E-state index is 12.4. The molecule has 0 saturated carbocycles. The molecule has 0 aliphatic carbocycles. The van der Waals surface area contributed by atoms with Crippen LogP contribution in [0.15, 0.2) is 34.5 Å². The van der Waals surface area contributed by atoms with Gasteiger partial charge in [-0.25, -0.2) is 4.98 Å². The number of hydrogen-bond donors (Lipinski definition) is 1. The molecule has 1 aliphatic rings. The number of carbonyl (C=O) groups excluding carboxylic acids is 1. The summed E-state index contributed by atoms with van der Waals surface area (Å²) < 4.78 is 1.17. The number of hydrogen-bond acceptors (Lipinski definition) is 6. The Bertz CT molecular complexity index is 682. The summed E-state index contributed by atoms with van der Waals surface area (Å²) in [7, 11) is 0. The number of carbonyl (C=O) groups is 1. The van der Waals surface area contributed by atoms with Crippen LogP contribution in [0.5, 0.6) is 0 Å². The van der Waals surface area contributed by atoms with Crippen molar-refractivity contribution in [2.75, 3.05) is 30.3 Å². The topological polar surface area (TPSA) is 58.1 Å². The number of anilines is 1. The second-order valence-corrected chi connectivity index (χ2v) is 9.55. The Kier molecular flexibility index (Phi) is 7.12. The van der Waals surface area contributed by atoms with Crippen LogP contribution in [-0.2, 0) is 10.5 Å². The smallest absolute Gasteiger partial charge is 0.224 e. The summed E-state index contributed by atoms with van der Waals surface area (Å²) in [6.07, 6.45) is 7.09. The van der Waals surface area contributed by atoms with Gasteiger partial charge in [0.05, 0.1) is 15.9 Å². The van der Waals surface area contributed by atoms with E-state index in [0.29, 0.717) is 0 Å². The van der Waals surface area contributed by atoms with Crippen molar-refractivity contribution < 1.29 is 4.79 Å². The first-order valence-corrected chi connectivity index (χ1v) is 11.1. The van der Waals surface area contributed by atoms with Crippen molar-refractivity contribution in [1.82, 2.24) is 15.3 Å². The van der Waals surface area contributed by atoms with Gasteiger partial charge in [-0.2, -0.15) is 11.8 Å². The van der Waals surface area contributed by atoms with Crippen LogP contribution in [0.2, 0.25) is 0 Å². The Morgan fingerprint density at radius 2 is 2.36 bits per heavy atom. The predicted octanol–water partition coefficient (Wildman–Crippen LogP) is 3.57. The summed E-state index contributed by atoms with van der Waals surface area (Å²) in [6, 6.07) is 4.22. The molecule has 1 atom stereocenters. The Hall–Kier alpha value is -1.12. The number of aromatic nitrogens is 2. The molecule has 0 aromatic carbocycles. The molecule has 1 fully saturated rings. The van der Waals surface area contributed by atoms with Crippen LogP contribution in [0.1, 0.15) is 17.7 Å². The summed E-state index contributed by atoms with van der Waals surface area (Å²) in [6.45, 7) is 2.38. The molecule has 0 bridgehead atoms. The zero-order chi connectivity index (χ0) is 17.5. The highest BCUT2D eigenvalue weighted by Gasteiger charge is 2.26. The minimum atomic E-state index is 0.0361. The normalized spacial score (nSPS) is 17.5. The number of piperidine rings is 1. The zero-order valence-electron chi connectivity index (χ0n) is 13.9. The molecule has 1 amide bonds. The van der Waals surface area contributed by atoms with E-state index in [-0.39, 0.29) is 11.8 Å². The Balaban J connectivity index is 1.37. The number of rotatable bonds is 7. The van der Waals surface area contributed by atoms with E-state index in [0.717, 1.165) is 49.8 Å². The summed E-state index contributed by atoms with van der Waals surface area (Å²) in [5.41, 5.74) is 0. The molecule has 0 spiro atoms. The molecule has 5 nitrogen and oxygen atoms in total. The number of thiophene rings is 1. The van der Waals surface area contributed by atoms with Crippen LogP contribution in [0.4, 0.5) is 5.82 Å². The molecular formula is C17H21BrN4OS2. The van der Waals surface area contributed by atoms with Crippen molar-refractivity contribution in [2.45, 2.75) is 18.6 Å². The van der Waals surface area contributed by atoms with E-state index >= 15 is 0 Å². The van der Waals surface area contributed by atoms with E-state index in [1.807, 2.05) is 11.8 Å².